The lowest BCUT2D eigenvalue weighted by Gasteiger charge is -1.98. The first-order valence-electron chi connectivity index (χ1n) is 2.71. The van der Waals surface area contributed by atoms with Crippen LogP contribution in [0.1, 0.15) is 19.8 Å². The average Bonchev–Trinajstić information content (AvgIpc) is 1.82. The largest absolute Gasteiger partial charge is 0.305 e. The molecule has 0 aliphatic carbocycles. The molecule has 0 spiro atoms. The van der Waals surface area contributed by atoms with E-state index in [1.165, 1.54) is 0 Å². The van der Waals surface area contributed by atoms with Gasteiger partial charge in [-0.15, -0.1) is 0 Å². The van der Waals surface area contributed by atoms with E-state index in [4.69, 9.17) is 9.81 Å². The van der Waals surface area contributed by atoms with Crippen LogP contribution in [-0.4, -0.2) is 14.0 Å². The molecule has 9 heavy (non-hydrogen) atoms. The fraction of sp³-hybridized carbons (Fsp3) is 0.800. The third kappa shape index (κ3) is 3.22. The average molecular weight is 147 g/mol. The summed E-state index contributed by atoms with van der Waals surface area (Å²) in [4.78, 5) is 0. The molecular weight excluding hydrogens is 138 g/mol. The lowest BCUT2D eigenvalue weighted by Crippen LogP contribution is -2.10. The lowest BCUT2D eigenvalue weighted by molar-refractivity contribution is 0.552. The molecule has 1 N–H and O–H groups in total. The van der Waals surface area contributed by atoms with Gasteiger partial charge in [0, 0.05) is 0 Å². The van der Waals surface area contributed by atoms with Gasteiger partial charge in [0.25, 0.3) is 0 Å². The fourth-order valence-corrected chi connectivity index (χ4v) is 1.00. The Kier molecular flexibility index (Phi) is 4.28. The van der Waals surface area contributed by atoms with Crippen molar-refractivity contribution in [3.05, 3.63) is 0 Å². The van der Waals surface area contributed by atoms with E-state index in [0.717, 1.165) is 6.42 Å². The monoisotopic (exact) mass is 147 g/mol. The first-order chi connectivity index (χ1) is 4.22. The van der Waals surface area contributed by atoms with Crippen LogP contribution in [0.5, 0.6) is 0 Å². The van der Waals surface area contributed by atoms with E-state index in [0.29, 0.717) is 6.42 Å². The van der Waals surface area contributed by atoms with Crippen molar-refractivity contribution >= 4 is 11.1 Å². The summed E-state index contributed by atoms with van der Waals surface area (Å²) in [5.74, 6) is 0. The van der Waals surface area contributed by atoms with Gasteiger partial charge in [-0.2, -0.15) is 5.26 Å². The molecule has 0 saturated heterocycles. The van der Waals surface area contributed by atoms with Gasteiger partial charge >= 0.3 is 0 Å². The van der Waals surface area contributed by atoms with Crippen LogP contribution in [0, 0.1) is 11.3 Å². The number of rotatable bonds is 3. The molecule has 0 aromatic heterocycles. The summed E-state index contributed by atoms with van der Waals surface area (Å²) in [6.07, 6.45) is 1.27. The first-order valence-corrected chi connectivity index (χ1v) is 3.88. The molecule has 0 aromatic rings. The third-order valence-corrected chi connectivity index (χ3v) is 1.77. The normalized spacial score (nSPS) is 16.1. The summed E-state index contributed by atoms with van der Waals surface area (Å²) in [5.41, 5.74) is 0. The molecule has 0 aliphatic rings. The molecule has 0 bridgehead atoms. The lowest BCUT2D eigenvalue weighted by atomic mass is 10.3. The second kappa shape index (κ2) is 4.48. The molecule has 2 unspecified atom stereocenters. The zero-order valence-electron chi connectivity index (χ0n) is 5.20. The van der Waals surface area contributed by atoms with Crippen molar-refractivity contribution < 1.29 is 8.76 Å². The van der Waals surface area contributed by atoms with E-state index >= 15 is 0 Å². The standard InChI is InChI=1S/C5H9NO2S/c1-2-3-5(4-6)9(7)8/h5H,2-3H2,1H3,(H,7,8). The van der Waals surface area contributed by atoms with Crippen LogP contribution in [0.4, 0.5) is 0 Å². The number of nitriles is 1. The maximum atomic E-state index is 10.2. The van der Waals surface area contributed by atoms with Crippen molar-refractivity contribution in [1.82, 2.24) is 0 Å². The van der Waals surface area contributed by atoms with Gasteiger partial charge in [-0.3, -0.25) is 0 Å². The Hall–Kier alpha value is -0.400. The van der Waals surface area contributed by atoms with Gasteiger partial charge in [0.15, 0.2) is 11.1 Å². The van der Waals surface area contributed by atoms with E-state index in [1.54, 1.807) is 6.07 Å². The molecule has 0 fully saturated rings. The second-order valence-electron chi connectivity index (χ2n) is 1.68. The SMILES string of the molecule is CCCC(C#N)S(=O)O. The molecule has 52 valence electrons. The molecule has 0 radical (unpaired) electrons. The molecule has 4 heteroatoms. The Bertz CT molecular complexity index is 140. The Morgan fingerprint density at radius 1 is 1.89 bits per heavy atom. The number of hydrogen-bond acceptors (Lipinski definition) is 2. The first kappa shape index (κ1) is 8.60. The Labute approximate surface area is 57.0 Å². The Morgan fingerprint density at radius 3 is 2.56 bits per heavy atom. The molecule has 2 atom stereocenters. The van der Waals surface area contributed by atoms with Gasteiger partial charge in [-0.1, -0.05) is 13.3 Å². The third-order valence-electron chi connectivity index (χ3n) is 0.938. The highest BCUT2D eigenvalue weighted by atomic mass is 32.2. The van der Waals surface area contributed by atoms with Crippen LogP contribution in [0.25, 0.3) is 0 Å². The predicted octanol–water partition coefficient (Wildman–Crippen LogP) is 0.900. The van der Waals surface area contributed by atoms with Crippen molar-refractivity contribution in [3.63, 3.8) is 0 Å². The minimum absolute atomic E-state index is 0.500. The van der Waals surface area contributed by atoms with E-state index in [2.05, 4.69) is 0 Å². The minimum Gasteiger partial charge on any atom is -0.305 e. The van der Waals surface area contributed by atoms with Crippen LogP contribution >= 0.6 is 0 Å². The van der Waals surface area contributed by atoms with Crippen LogP contribution in [0.2, 0.25) is 0 Å². The highest BCUT2D eigenvalue weighted by Crippen LogP contribution is 2.00. The molecule has 0 amide bonds. The summed E-state index contributed by atoms with van der Waals surface area (Å²) in [6.45, 7) is 1.87. The highest BCUT2D eigenvalue weighted by molar-refractivity contribution is 7.80. The van der Waals surface area contributed by atoms with Crippen LogP contribution in [0.3, 0.4) is 0 Å². The fourth-order valence-electron chi connectivity index (χ4n) is 0.473. The van der Waals surface area contributed by atoms with Crippen LogP contribution in [-0.2, 0) is 11.1 Å². The molecular formula is C5H9NO2S. The summed E-state index contributed by atoms with van der Waals surface area (Å²) in [7, 11) is 0. The molecule has 3 nitrogen and oxygen atoms in total. The maximum Gasteiger partial charge on any atom is 0.170 e. The van der Waals surface area contributed by atoms with Crippen molar-refractivity contribution in [1.29, 1.82) is 5.26 Å². The van der Waals surface area contributed by atoms with Crippen molar-refractivity contribution in [2.24, 2.45) is 0 Å². The van der Waals surface area contributed by atoms with E-state index in [9.17, 15) is 4.21 Å². The van der Waals surface area contributed by atoms with Gasteiger partial charge in [-0.05, 0) is 6.42 Å². The molecule has 0 aliphatic heterocycles. The summed E-state index contributed by atoms with van der Waals surface area (Å²) in [6, 6.07) is 1.75. The van der Waals surface area contributed by atoms with Gasteiger partial charge in [-0.25, -0.2) is 4.21 Å². The Balaban J connectivity index is 3.72. The predicted molar refractivity (Wildman–Crippen MR) is 35.1 cm³/mol. The van der Waals surface area contributed by atoms with Gasteiger partial charge in [0.05, 0.1) is 6.07 Å². The summed E-state index contributed by atoms with van der Waals surface area (Å²) < 4.78 is 18.6. The quantitative estimate of drug-likeness (QED) is 0.603. The zero-order chi connectivity index (χ0) is 7.28. The molecule has 0 saturated carbocycles. The van der Waals surface area contributed by atoms with Crippen molar-refractivity contribution in [2.75, 3.05) is 0 Å². The Morgan fingerprint density at radius 2 is 2.44 bits per heavy atom. The van der Waals surface area contributed by atoms with E-state index in [-0.39, 0.29) is 0 Å². The van der Waals surface area contributed by atoms with Crippen molar-refractivity contribution in [2.45, 2.75) is 25.0 Å². The van der Waals surface area contributed by atoms with Crippen LogP contribution in [0.15, 0.2) is 0 Å². The number of hydrogen-bond donors (Lipinski definition) is 1. The maximum absolute atomic E-state index is 10.2. The van der Waals surface area contributed by atoms with Gasteiger partial charge < -0.3 is 4.55 Å². The second-order valence-corrected chi connectivity index (χ2v) is 2.80. The van der Waals surface area contributed by atoms with Gasteiger partial charge in [0.2, 0.25) is 0 Å². The van der Waals surface area contributed by atoms with Gasteiger partial charge in [0.1, 0.15) is 5.25 Å². The highest BCUT2D eigenvalue weighted by Gasteiger charge is 2.10. The summed E-state index contributed by atoms with van der Waals surface area (Å²) >= 11 is -1.96. The summed E-state index contributed by atoms with van der Waals surface area (Å²) in [5, 5.41) is 7.53. The van der Waals surface area contributed by atoms with E-state index < -0.39 is 16.3 Å². The zero-order valence-corrected chi connectivity index (χ0v) is 6.02. The molecule has 0 heterocycles. The van der Waals surface area contributed by atoms with Crippen LogP contribution < -0.4 is 0 Å². The van der Waals surface area contributed by atoms with E-state index in [1.807, 2.05) is 6.92 Å². The topological polar surface area (TPSA) is 61.1 Å². The van der Waals surface area contributed by atoms with Crippen molar-refractivity contribution in [3.8, 4) is 6.07 Å². The number of nitrogens with zero attached hydrogens (tertiary/aromatic N) is 1. The minimum atomic E-state index is -1.96. The molecule has 0 aromatic carbocycles. The molecule has 0 rings (SSSR count). The smallest absolute Gasteiger partial charge is 0.170 e.